The van der Waals surface area contributed by atoms with Gasteiger partial charge in [-0.25, -0.2) is 4.39 Å². The van der Waals surface area contributed by atoms with Crippen LogP contribution in [0.5, 0.6) is 0 Å². The normalized spacial score (nSPS) is 23.0. The van der Waals surface area contributed by atoms with Gasteiger partial charge in [-0.15, -0.1) is 0 Å². The molecule has 0 spiro atoms. The summed E-state index contributed by atoms with van der Waals surface area (Å²) in [5.74, 6) is 0.0127. The van der Waals surface area contributed by atoms with E-state index >= 15 is 0 Å². The average Bonchev–Trinajstić information content (AvgIpc) is 1.64. The summed E-state index contributed by atoms with van der Waals surface area (Å²) in [6.45, 7) is 1.49. The van der Waals surface area contributed by atoms with Gasteiger partial charge in [0.1, 0.15) is 5.83 Å². The van der Waals surface area contributed by atoms with E-state index in [0.29, 0.717) is 6.54 Å². The average molecular weight is 115 g/mol. The maximum absolute atomic E-state index is 12.3. The second-order valence-corrected chi connectivity index (χ2v) is 2.18. The molecular weight excluding hydrogens is 105 g/mol. The van der Waals surface area contributed by atoms with Gasteiger partial charge in [-0.05, 0) is 13.5 Å². The van der Waals surface area contributed by atoms with Crippen LogP contribution in [0.15, 0.2) is 11.9 Å². The van der Waals surface area contributed by atoms with E-state index in [1.54, 1.807) is 6.08 Å². The summed E-state index contributed by atoms with van der Waals surface area (Å²) in [5.41, 5.74) is 0. The highest BCUT2D eigenvalue weighted by molar-refractivity contribution is 4.98. The summed E-state index contributed by atoms with van der Waals surface area (Å²) in [7, 11) is 1.92. The van der Waals surface area contributed by atoms with Crippen LogP contribution in [0.4, 0.5) is 4.39 Å². The van der Waals surface area contributed by atoms with E-state index in [4.69, 9.17) is 0 Å². The van der Waals surface area contributed by atoms with Crippen LogP contribution in [0.3, 0.4) is 0 Å². The molecule has 0 fully saturated rings. The number of nitrogens with zero attached hydrogens (tertiary/aromatic N) is 1. The standard InChI is InChI=1S/C6H10FN/c1-8-4-2-3-6(7)5-8/h3H,2,4-5H2,1H3. The fraction of sp³-hybridized carbons (Fsp3) is 0.667. The minimum atomic E-state index is 0.0127. The van der Waals surface area contributed by atoms with Crippen molar-refractivity contribution >= 4 is 0 Å². The Hall–Kier alpha value is -0.370. The van der Waals surface area contributed by atoms with Crippen LogP contribution in [0.25, 0.3) is 0 Å². The lowest BCUT2D eigenvalue weighted by molar-refractivity contribution is 0.321. The third kappa shape index (κ3) is 1.30. The third-order valence-electron chi connectivity index (χ3n) is 1.30. The number of likely N-dealkylation sites (N-methyl/N-ethyl adjacent to an activating group) is 1. The minimum absolute atomic E-state index is 0.0127. The molecule has 1 nitrogen and oxygen atoms in total. The topological polar surface area (TPSA) is 3.24 Å². The summed E-state index contributed by atoms with van der Waals surface area (Å²) in [6.07, 6.45) is 2.52. The zero-order valence-corrected chi connectivity index (χ0v) is 5.02. The molecule has 0 aromatic carbocycles. The SMILES string of the molecule is CN1CCC=C(F)C1. The first kappa shape index (κ1) is 5.76. The van der Waals surface area contributed by atoms with E-state index in [2.05, 4.69) is 0 Å². The molecule has 0 radical (unpaired) electrons. The van der Waals surface area contributed by atoms with Gasteiger partial charge in [-0.3, -0.25) is 4.90 Å². The van der Waals surface area contributed by atoms with E-state index in [1.165, 1.54) is 0 Å². The van der Waals surface area contributed by atoms with Gasteiger partial charge in [0.15, 0.2) is 0 Å². The summed E-state index contributed by atoms with van der Waals surface area (Å²) in [5, 5.41) is 0. The van der Waals surface area contributed by atoms with Crippen molar-refractivity contribution in [1.82, 2.24) is 4.90 Å². The third-order valence-corrected chi connectivity index (χ3v) is 1.30. The molecule has 1 rings (SSSR count). The van der Waals surface area contributed by atoms with Crippen LogP contribution in [0, 0.1) is 0 Å². The van der Waals surface area contributed by atoms with E-state index < -0.39 is 0 Å². The van der Waals surface area contributed by atoms with E-state index in [1.807, 2.05) is 11.9 Å². The second-order valence-electron chi connectivity index (χ2n) is 2.18. The Kier molecular flexibility index (Phi) is 1.63. The Morgan fingerprint density at radius 2 is 2.50 bits per heavy atom. The fourth-order valence-corrected chi connectivity index (χ4v) is 0.843. The maximum atomic E-state index is 12.3. The van der Waals surface area contributed by atoms with Crippen molar-refractivity contribution in [3.05, 3.63) is 11.9 Å². The molecule has 0 amide bonds. The Morgan fingerprint density at radius 1 is 1.75 bits per heavy atom. The maximum Gasteiger partial charge on any atom is 0.110 e. The number of rotatable bonds is 0. The van der Waals surface area contributed by atoms with Gasteiger partial charge in [0.25, 0.3) is 0 Å². The first-order valence-corrected chi connectivity index (χ1v) is 2.82. The molecular formula is C6H10FN. The van der Waals surface area contributed by atoms with E-state index in [-0.39, 0.29) is 5.83 Å². The van der Waals surface area contributed by atoms with E-state index in [9.17, 15) is 4.39 Å². The van der Waals surface area contributed by atoms with Crippen LogP contribution in [0.1, 0.15) is 6.42 Å². The molecule has 1 heterocycles. The zero-order valence-electron chi connectivity index (χ0n) is 5.02. The molecule has 2 heteroatoms. The lowest BCUT2D eigenvalue weighted by Crippen LogP contribution is -2.24. The van der Waals surface area contributed by atoms with Crippen LogP contribution in [-0.2, 0) is 0 Å². The van der Waals surface area contributed by atoms with Crippen molar-refractivity contribution < 1.29 is 4.39 Å². The minimum Gasteiger partial charge on any atom is -0.299 e. The van der Waals surface area contributed by atoms with E-state index in [0.717, 1.165) is 13.0 Å². The first-order valence-electron chi connectivity index (χ1n) is 2.82. The van der Waals surface area contributed by atoms with Crippen molar-refractivity contribution in [1.29, 1.82) is 0 Å². The molecule has 0 aliphatic carbocycles. The lowest BCUT2D eigenvalue weighted by Gasteiger charge is -2.17. The summed E-state index contributed by atoms with van der Waals surface area (Å²) in [6, 6.07) is 0. The molecule has 0 saturated heterocycles. The summed E-state index contributed by atoms with van der Waals surface area (Å²) >= 11 is 0. The Bertz CT molecular complexity index is 109. The smallest absolute Gasteiger partial charge is 0.110 e. The first-order chi connectivity index (χ1) is 3.79. The molecule has 0 bridgehead atoms. The van der Waals surface area contributed by atoms with Crippen molar-refractivity contribution in [2.45, 2.75) is 6.42 Å². The monoisotopic (exact) mass is 115 g/mol. The molecule has 8 heavy (non-hydrogen) atoms. The van der Waals surface area contributed by atoms with Gasteiger partial charge in [-0.2, -0.15) is 0 Å². The predicted octanol–water partition coefficient (Wildman–Crippen LogP) is 1.18. The van der Waals surface area contributed by atoms with Gasteiger partial charge in [0, 0.05) is 13.1 Å². The van der Waals surface area contributed by atoms with Crippen molar-refractivity contribution in [2.75, 3.05) is 20.1 Å². The van der Waals surface area contributed by atoms with Crippen molar-refractivity contribution in [3.8, 4) is 0 Å². The van der Waals surface area contributed by atoms with Crippen LogP contribution in [0.2, 0.25) is 0 Å². The molecule has 46 valence electrons. The predicted molar refractivity (Wildman–Crippen MR) is 31.3 cm³/mol. The highest BCUT2D eigenvalue weighted by atomic mass is 19.1. The van der Waals surface area contributed by atoms with Gasteiger partial charge in [0.2, 0.25) is 0 Å². The molecule has 1 aliphatic heterocycles. The Labute approximate surface area is 48.8 Å². The van der Waals surface area contributed by atoms with Crippen molar-refractivity contribution in [2.24, 2.45) is 0 Å². The highest BCUT2D eigenvalue weighted by Crippen LogP contribution is 2.06. The molecule has 0 N–H and O–H groups in total. The number of hydrogen-bond acceptors (Lipinski definition) is 1. The van der Waals surface area contributed by atoms with Crippen LogP contribution < -0.4 is 0 Å². The highest BCUT2D eigenvalue weighted by Gasteiger charge is 2.05. The molecule has 1 aliphatic rings. The van der Waals surface area contributed by atoms with Gasteiger partial charge in [-0.1, -0.05) is 6.08 Å². The molecule has 0 aromatic rings. The molecule has 0 atom stereocenters. The molecule has 0 saturated carbocycles. The fourth-order valence-electron chi connectivity index (χ4n) is 0.843. The number of hydrogen-bond donors (Lipinski definition) is 0. The Morgan fingerprint density at radius 3 is 2.88 bits per heavy atom. The van der Waals surface area contributed by atoms with Gasteiger partial charge in [0.05, 0.1) is 0 Å². The molecule has 0 aromatic heterocycles. The lowest BCUT2D eigenvalue weighted by atomic mass is 10.2. The van der Waals surface area contributed by atoms with Crippen LogP contribution >= 0.6 is 0 Å². The summed E-state index contributed by atoms with van der Waals surface area (Å²) < 4.78 is 12.3. The summed E-state index contributed by atoms with van der Waals surface area (Å²) in [4.78, 5) is 1.97. The van der Waals surface area contributed by atoms with Crippen LogP contribution in [-0.4, -0.2) is 25.0 Å². The zero-order chi connectivity index (χ0) is 5.98. The van der Waals surface area contributed by atoms with Gasteiger partial charge >= 0.3 is 0 Å². The largest absolute Gasteiger partial charge is 0.299 e. The van der Waals surface area contributed by atoms with Crippen molar-refractivity contribution in [3.63, 3.8) is 0 Å². The second kappa shape index (κ2) is 2.27. The molecule has 0 unspecified atom stereocenters. The Balaban J connectivity index is 2.45. The quantitative estimate of drug-likeness (QED) is 0.458. The number of halogens is 1. The van der Waals surface area contributed by atoms with Gasteiger partial charge < -0.3 is 0 Å².